The molecular formula is C19H37N3O7S8. The average molecular weight is 676 g/mol. The van der Waals surface area contributed by atoms with Gasteiger partial charge in [-0.2, -0.15) is 9.78 Å². The number of thioether (sulfide) groups is 8. The lowest BCUT2D eigenvalue weighted by molar-refractivity contribution is -0.210. The molecule has 0 aromatic heterocycles. The van der Waals surface area contributed by atoms with E-state index < -0.39 is 0 Å². The Bertz CT molecular complexity index is 546. The minimum atomic E-state index is -0.350. The number of carbonyl (C=O) groups excluding carboxylic acids is 1. The van der Waals surface area contributed by atoms with Crippen molar-refractivity contribution in [1.82, 2.24) is 5.32 Å². The zero-order valence-electron chi connectivity index (χ0n) is 20.8. The van der Waals surface area contributed by atoms with Gasteiger partial charge >= 0.3 is 6.09 Å². The molecular weight excluding hydrogens is 639 g/mol. The molecule has 10 nitrogen and oxygen atoms in total. The largest absolute Gasteiger partial charge is 0.449 e. The quantitative estimate of drug-likeness (QED) is 0.0280. The number of aliphatic hydroxyl groups excluding tert-OH is 1. The van der Waals surface area contributed by atoms with Crippen LogP contribution < -0.4 is 5.32 Å². The van der Waals surface area contributed by atoms with E-state index >= 15 is 0 Å². The molecule has 0 heterocycles. The van der Waals surface area contributed by atoms with E-state index in [4.69, 9.17) is 24.5 Å². The molecule has 0 aromatic carbocycles. The molecule has 0 saturated carbocycles. The van der Waals surface area contributed by atoms with Crippen LogP contribution in [-0.4, -0.2) is 118 Å². The van der Waals surface area contributed by atoms with Crippen molar-refractivity contribution >= 4 is 113 Å². The second-order valence-electron chi connectivity index (χ2n) is 5.86. The first kappa shape index (κ1) is 37.9. The first-order chi connectivity index (χ1) is 18.3. The highest BCUT2D eigenvalue weighted by Crippen LogP contribution is 2.18. The molecule has 1 amide bonds. The molecule has 0 saturated heterocycles. The first-order valence-electron chi connectivity index (χ1n) is 10.9. The van der Waals surface area contributed by atoms with Gasteiger partial charge in [-0.05, 0) is 0 Å². The van der Waals surface area contributed by atoms with E-state index in [0.29, 0.717) is 32.2 Å². The zero-order valence-corrected chi connectivity index (χ0v) is 27.4. The topological polar surface area (TPSA) is 120 Å². The van der Waals surface area contributed by atoms with Crippen LogP contribution in [0.15, 0.2) is 9.98 Å². The SMILES string of the molecule is CN=COOCCSCSCSCCOC(=O)NCCSCSCSCCN=COOCSCSCO. The lowest BCUT2D eigenvalue weighted by Gasteiger charge is -2.07. The molecule has 218 valence electrons. The Labute approximate surface area is 254 Å². The third kappa shape index (κ3) is 34.9. The third-order valence-corrected chi connectivity index (χ3v) is 12.1. The summed E-state index contributed by atoms with van der Waals surface area (Å²) in [6.45, 7) is 2.23. The van der Waals surface area contributed by atoms with Crippen LogP contribution in [0, 0.1) is 0 Å². The van der Waals surface area contributed by atoms with Crippen LogP contribution >= 0.6 is 94.1 Å². The maximum absolute atomic E-state index is 11.7. The van der Waals surface area contributed by atoms with Gasteiger partial charge in [0, 0.05) is 62.0 Å². The summed E-state index contributed by atoms with van der Waals surface area (Å²) in [4.78, 5) is 38.7. The second-order valence-corrected chi connectivity index (χ2v) is 16.0. The predicted octanol–water partition coefficient (Wildman–Crippen LogP) is 4.86. The van der Waals surface area contributed by atoms with Crippen molar-refractivity contribution in [1.29, 1.82) is 0 Å². The number of hydrogen-bond donors (Lipinski definition) is 2. The Kier molecular flexibility index (Phi) is 35.8. The van der Waals surface area contributed by atoms with Crippen LogP contribution in [0.5, 0.6) is 0 Å². The summed E-state index contributed by atoms with van der Waals surface area (Å²) in [5.41, 5.74) is 0. The van der Waals surface area contributed by atoms with E-state index in [-0.39, 0.29) is 12.0 Å². The molecule has 0 aliphatic heterocycles. The maximum atomic E-state index is 11.7. The van der Waals surface area contributed by atoms with Crippen molar-refractivity contribution in [3.8, 4) is 0 Å². The Balaban J connectivity index is 3.19. The van der Waals surface area contributed by atoms with Gasteiger partial charge in [-0.25, -0.2) is 4.79 Å². The molecule has 0 aliphatic rings. The van der Waals surface area contributed by atoms with Gasteiger partial charge < -0.3 is 24.9 Å². The number of carbonyl (C=O) groups is 1. The number of rotatable bonds is 29. The molecule has 18 heteroatoms. The molecule has 0 spiro atoms. The molecule has 37 heavy (non-hydrogen) atoms. The number of aliphatic hydroxyl groups is 1. The summed E-state index contributed by atoms with van der Waals surface area (Å²) in [5.74, 6) is 3.95. The Hall–Kier alpha value is 0.890. The van der Waals surface area contributed by atoms with Gasteiger partial charge in [0.2, 0.25) is 12.8 Å². The van der Waals surface area contributed by atoms with E-state index in [1.165, 1.54) is 36.3 Å². The van der Waals surface area contributed by atoms with Crippen LogP contribution in [0.3, 0.4) is 0 Å². The Morgan fingerprint density at radius 2 is 1.43 bits per heavy atom. The molecule has 0 unspecified atom stereocenters. The smallest absolute Gasteiger partial charge is 0.407 e. The summed E-state index contributed by atoms with van der Waals surface area (Å²) < 4.78 is 5.18. The first-order valence-corrected chi connectivity index (χ1v) is 20.1. The van der Waals surface area contributed by atoms with Crippen molar-refractivity contribution in [3.63, 3.8) is 0 Å². The van der Waals surface area contributed by atoms with Crippen molar-refractivity contribution in [2.45, 2.75) is 0 Å². The van der Waals surface area contributed by atoms with Crippen LogP contribution in [-0.2, 0) is 24.3 Å². The summed E-state index contributed by atoms with van der Waals surface area (Å²) in [6, 6.07) is 0. The van der Waals surface area contributed by atoms with Gasteiger partial charge in [0.15, 0.2) is 0 Å². The number of hydrogen-bond acceptors (Lipinski definition) is 17. The molecule has 2 N–H and O–H groups in total. The lowest BCUT2D eigenvalue weighted by atomic mass is 10.7. The fourth-order valence-corrected chi connectivity index (χ4v) is 9.22. The Morgan fingerprint density at radius 1 is 0.784 bits per heavy atom. The summed E-state index contributed by atoms with van der Waals surface area (Å²) in [7, 11) is 1.62. The van der Waals surface area contributed by atoms with Crippen molar-refractivity contribution in [3.05, 3.63) is 0 Å². The highest BCUT2D eigenvalue weighted by molar-refractivity contribution is 8.23. The minimum Gasteiger partial charge on any atom is -0.449 e. The number of nitrogens with one attached hydrogen (secondary N) is 1. The zero-order chi connectivity index (χ0) is 26.9. The van der Waals surface area contributed by atoms with Gasteiger partial charge in [-0.15, -0.1) is 94.1 Å². The molecule has 0 rings (SSSR count). The fraction of sp³-hybridized carbons (Fsp3) is 0.842. The van der Waals surface area contributed by atoms with Crippen LogP contribution in [0.4, 0.5) is 4.79 Å². The van der Waals surface area contributed by atoms with Crippen molar-refractivity contribution in [2.24, 2.45) is 9.98 Å². The maximum Gasteiger partial charge on any atom is 0.407 e. The summed E-state index contributed by atoms with van der Waals surface area (Å²) in [6.07, 6.45) is 2.23. The highest BCUT2D eigenvalue weighted by atomic mass is 32.2. The van der Waals surface area contributed by atoms with Crippen LogP contribution in [0.25, 0.3) is 0 Å². The van der Waals surface area contributed by atoms with Gasteiger partial charge in [-0.1, -0.05) is 0 Å². The van der Waals surface area contributed by atoms with Crippen LogP contribution in [0.2, 0.25) is 0 Å². The van der Waals surface area contributed by atoms with E-state index in [0.717, 1.165) is 48.4 Å². The van der Waals surface area contributed by atoms with E-state index in [1.807, 2.05) is 35.3 Å². The molecule has 0 aliphatic carbocycles. The van der Waals surface area contributed by atoms with Gasteiger partial charge in [0.05, 0.1) is 12.5 Å². The molecule has 0 aromatic rings. The monoisotopic (exact) mass is 675 g/mol. The van der Waals surface area contributed by atoms with E-state index in [9.17, 15) is 4.79 Å². The molecule has 0 fully saturated rings. The second kappa shape index (κ2) is 34.9. The molecule has 0 atom stereocenters. The number of amides is 1. The van der Waals surface area contributed by atoms with Crippen LogP contribution in [0.1, 0.15) is 0 Å². The predicted molar refractivity (Wildman–Crippen MR) is 173 cm³/mol. The van der Waals surface area contributed by atoms with Gasteiger partial charge in [-0.3, -0.25) is 9.98 Å². The van der Waals surface area contributed by atoms with Gasteiger partial charge in [0.25, 0.3) is 0 Å². The molecule has 0 bridgehead atoms. The van der Waals surface area contributed by atoms with Crippen molar-refractivity contribution < 1.29 is 34.2 Å². The average Bonchev–Trinajstić information content (AvgIpc) is 2.90. The lowest BCUT2D eigenvalue weighted by Crippen LogP contribution is -2.27. The highest BCUT2D eigenvalue weighted by Gasteiger charge is 2.01. The van der Waals surface area contributed by atoms with Gasteiger partial charge in [0.1, 0.15) is 19.2 Å². The third-order valence-electron chi connectivity index (χ3n) is 3.11. The normalized spacial score (nSPS) is 11.4. The fourth-order valence-electron chi connectivity index (χ4n) is 1.65. The summed E-state index contributed by atoms with van der Waals surface area (Å²) in [5, 5.41) is 16.1. The van der Waals surface area contributed by atoms with E-state index in [2.05, 4.69) is 20.2 Å². The summed E-state index contributed by atoms with van der Waals surface area (Å²) >= 11 is 13.8. The standard InChI is InChI=1S/C19H37N3O7S8/c1-20-10-27-26-5-9-33-17-37-16-32-8-4-25-19(24)22-3-7-31-15-36-14-30-6-2-21-11-28-29-13-35-18-34-12-23/h10-11,23H,2-9,12-18H2,1H3,(H,22,24). The van der Waals surface area contributed by atoms with Crippen molar-refractivity contribution in [2.75, 3.05) is 93.7 Å². The Morgan fingerprint density at radius 3 is 2.16 bits per heavy atom. The number of ether oxygens (including phenoxy) is 1. The van der Waals surface area contributed by atoms with E-state index in [1.54, 1.807) is 42.3 Å². The molecule has 0 radical (unpaired) electrons. The number of nitrogens with zero attached hydrogens (tertiary/aromatic N) is 2. The number of aliphatic imine (C=N–C) groups is 2. The minimum absolute atomic E-state index is 0.115. The number of alkyl carbamates (subject to hydrolysis) is 1.